The molecule has 2 saturated heterocycles. The van der Waals surface area contributed by atoms with Gasteiger partial charge in [-0.25, -0.2) is 4.79 Å². The molecule has 2 aromatic heterocycles. The van der Waals surface area contributed by atoms with Crippen molar-refractivity contribution in [3.8, 4) is 0 Å². The van der Waals surface area contributed by atoms with Gasteiger partial charge in [0.1, 0.15) is 5.01 Å². The van der Waals surface area contributed by atoms with Gasteiger partial charge in [-0.1, -0.05) is 11.3 Å². The number of ether oxygens (including phenoxy) is 1. The van der Waals surface area contributed by atoms with Gasteiger partial charge in [-0.15, -0.1) is 10.2 Å². The summed E-state index contributed by atoms with van der Waals surface area (Å²) in [4.78, 5) is 27.5. The molecule has 2 fully saturated rings. The van der Waals surface area contributed by atoms with Gasteiger partial charge in [0.2, 0.25) is 5.13 Å². The average molecular weight is 473 g/mol. The highest BCUT2D eigenvalue weighted by Crippen LogP contribution is 2.37. The number of aromatic nitrogens is 3. The quantitative estimate of drug-likeness (QED) is 0.698. The molecule has 0 radical (unpaired) electrons. The minimum atomic E-state index is -5.08. The Morgan fingerprint density at radius 1 is 1.31 bits per heavy atom. The molecule has 9 nitrogen and oxygen atoms in total. The maximum atomic E-state index is 12.4. The molecule has 0 aromatic carbocycles. The van der Waals surface area contributed by atoms with E-state index in [4.69, 9.17) is 14.6 Å². The molecule has 1 amide bonds. The van der Waals surface area contributed by atoms with E-state index in [1.54, 1.807) is 35.9 Å². The monoisotopic (exact) mass is 473 g/mol. The number of rotatable bonds is 3. The fourth-order valence-corrected chi connectivity index (χ4v) is 4.34. The van der Waals surface area contributed by atoms with Gasteiger partial charge in [-0.3, -0.25) is 9.78 Å². The Hall–Kier alpha value is -2.80. The van der Waals surface area contributed by atoms with Gasteiger partial charge in [-0.05, 0) is 38.3 Å². The normalized spacial score (nSPS) is 22.9. The standard InChI is InChI=1S/C17H21N5O2S.C2HF3O2/c1-12-20-21-16(25-12)22-8-5-17(11-22)10-14(4-9-24-17)19-15(23)13-2-6-18-7-3-13;3-2(4,5)1(6)7/h2-3,6-7,14H,4-5,8-11H2,1H3,(H,19,23);(H,6,7)/t14-,17+;/m0./s1. The summed E-state index contributed by atoms with van der Waals surface area (Å²) in [6.45, 7) is 4.36. The van der Waals surface area contributed by atoms with Gasteiger partial charge in [0.05, 0.1) is 5.60 Å². The number of amides is 1. The van der Waals surface area contributed by atoms with Crippen LogP contribution in [-0.4, -0.2) is 69.7 Å². The number of carboxylic acids is 1. The highest BCUT2D eigenvalue weighted by molar-refractivity contribution is 7.15. The van der Waals surface area contributed by atoms with Crippen molar-refractivity contribution in [1.29, 1.82) is 0 Å². The van der Waals surface area contributed by atoms with Crippen LogP contribution in [-0.2, 0) is 9.53 Å². The number of anilines is 1. The van der Waals surface area contributed by atoms with Gasteiger partial charge < -0.3 is 20.1 Å². The summed E-state index contributed by atoms with van der Waals surface area (Å²) in [6.07, 6.45) is 0.820. The summed E-state index contributed by atoms with van der Waals surface area (Å²) in [5.74, 6) is -2.80. The number of carboxylic acid groups (broad SMARTS) is 1. The number of hydrogen-bond donors (Lipinski definition) is 2. The molecular weight excluding hydrogens is 451 g/mol. The smallest absolute Gasteiger partial charge is 0.475 e. The third kappa shape index (κ3) is 6.13. The fraction of sp³-hybridized carbons (Fsp3) is 0.526. The number of pyridine rings is 1. The second kappa shape index (κ2) is 9.77. The average Bonchev–Trinajstić information content (AvgIpc) is 3.35. The molecule has 2 aromatic rings. The van der Waals surface area contributed by atoms with Crippen molar-refractivity contribution < 1.29 is 32.6 Å². The van der Waals surface area contributed by atoms with E-state index in [0.29, 0.717) is 12.2 Å². The first-order chi connectivity index (χ1) is 15.1. The molecule has 174 valence electrons. The predicted octanol–water partition coefficient (Wildman–Crippen LogP) is 2.43. The van der Waals surface area contributed by atoms with Crippen LogP contribution in [0.3, 0.4) is 0 Å². The van der Waals surface area contributed by atoms with E-state index >= 15 is 0 Å². The first kappa shape index (κ1) is 23.9. The number of nitrogens with zero attached hydrogens (tertiary/aromatic N) is 4. The zero-order valence-corrected chi connectivity index (χ0v) is 17.9. The molecule has 0 unspecified atom stereocenters. The third-order valence-electron chi connectivity index (χ3n) is 5.12. The van der Waals surface area contributed by atoms with Crippen LogP contribution in [0.2, 0.25) is 0 Å². The number of aliphatic carboxylic acids is 1. The van der Waals surface area contributed by atoms with Crippen molar-refractivity contribution in [1.82, 2.24) is 20.5 Å². The van der Waals surface area contributed by atoms with Crippen LogP contribution in [0.5, 0.6) is 0 Å². The van der Waals surface area contributed by atoms with E-state index in [9.17, 15) is 18.0 Å². The summed E-state index contributed by atoms with van der Waals surface area (Å²) in [6, 6.07) is 3.60. The largest absolute Gasteiger partial charge is 0.490 e. The van der Waals surface area contributed by atoms with E-state index in [1.807, 2.05) is 6.92 Å². The molecule has 2 N–H and O–H groups in total. The minimum Gasteiger partial charge on any atom is -0.475 e. The molecular formula is C19H22F3N5O4S. The topological polar surface area (TPSA) is 118 Å². The first-order valence-corrected chi connectivity index (χ1v) is 10.6. The number of nitrogens with one attached hydrogen (secondary N) is 1. The second-order valence-corrected chi connectivity index (χ2v) is 8.67. The van der Waals surface area contributed by atoms with E-state index < -0.39 is 12.1 Å². The number of alkyl halides is 3. The lowest BCUT2D eigenvalue weighted by Crippen LogP contribution is -2.50. The van der Waals surface area contributed by atoms with Crippen LogP contribution in [0.25, 0.3) is 0 Å². The Labute approximate surface area is 185 Å². The molecule has 1 spiro atoms. The lowest BCUT2D eigenvalue weighted by molar-refractivity contribution is -0.192. The van der Waals surface area contributed by atoms with Gasteiger partial charge in [0, 0.05) is 43.7 Å². The third-order valence-corrected chi connectivity index (χ3v) is 6.01. The maximum absolute atomic E-state index is 12.4. The van der Waals surface area contributed by atoms with E-state index in [1.165, 1.54) is 0 Å². The first-order valence-electron chi connectivity index (χ1n) is 9.78. The van der Waals surface area contributed by atoms with Crippen LogP contribution in [0.4, 0.5) is 18.3 Å². The minimum absolute atomic E-state index is 0.0425. The van der Waals surface area contributed by atoms with E-state index in [0.717, 1.165) is 42.5 Å². The van der Waals surface area contributed by atoms with Gasteiger partial charge >= 0.3 is 12.1 Å². The fourth-order valence-electron chi connectivity index (χ4n) is 3.63. The highest BCUT2D eigenvalue weighted by Gasteiger charge is 2.44. The molecule has 0 bridgehead atoms. The van der Waals surface area contributed by atoms with E-state index in [-0.39, 0.29) is 17.6 Å². The van der Waals surface area contributed by atoms with Gasteiger partial charge in [0.25, 0.3) is 5.91 Å². The number of aryl methyl sites for hydroxylation is 1. The lowest BCUT2D eigenvalue weighted by atomic mass is 9.89. The summed E-state index contributed by atoms with van der Waals surface area (Å²) in [5.41, 5.74) is 0.446. The Morgan fingerprint density at radius 2 is 2.00 bits per heavy atom. The van der Waals surface area contributed by atoms with Crippen LogP contribution in [0, 0.1) is 6.92 Å². The van der Waals surface area contributed by atoms with Crippen LogP contribution in [0.1, 0.15) is 34.6 Å². The van der Waals surface area contributed by atoms with Crippen molar-refractivity contribution in [2.24, 2.45) is 0 Å². The van der Waals surface area contributed by atoms with Crippen molar-refractivity contribution in [3.63, 3.8) is 0 Å². The zero-order chi connectivity index (χ0) is 23.4. The van der Waals surface area contributed by atoms with Gasteiger partial charge in [-0.2, -0.15) is 13.2 Å². The molecule has 13 heteroatoms. The van der Waals surface area contributed by atoms with Crippen LogP contribution >= 0.6 is 11.3 Å². The SMILES string of the molecule is Cc1nnc(N2CC[C@@]3(C[C@@H](NC(=O)c4ccncc4)CCO3)C2)s1.O=C(O)C(F)(F)F. The highest BCUT2D eigenvalue weighted by atomic mass is 32.1. The van der Waals surface area contributed by atoms with Crippen molar-refractivity contribution in [2.45, 2.75) is 44.0 Å². The molecule has 2 atom stereocenters. The van der Waals surface area contributed by atoms with Gasteiger partial charge in [0.15, 0.2) is 0 Å². The van der Waals surface area contributed by atoms with Crippen molar-refractivity contribution >= 4 is 28.3 Å². The molecule has 0 aliphatic carbocycles. The summed E-state index contributed by atoms with van der Waals surface area (Å²) in [7, 11) is 0. The summed E-state index contributed by atoms with van der Waals surface area (Å²) >= 11 is 1.61. The zero-order valence-electron chi connectivity index (χ0n) is 17.1. The predicted molar refractivity (Wildman–Crippen MR) is 109 cm³/mol. The molecule has 0 saturated carbocycles. The second-order valence-electron chi connectivity index (χ2n) is 7.51. The Balaban J connectivity index is 0.000000360. The Kier molecular flexibility index (Phi) is 7.29. The molecule has 4 rings (SSSR count). The van der Waals surface area contributed by atoms with Crippen molar-refractivity contribution in [3.05, 3.63) is 35.1 Å². The maximum Gasteiger partial charge on any atom is 0.490 e. The van der Waals surface area contributed by atoms with Crippen LogP contribution < -0.4 is 10.2 Å². The Bertz CT molecular complexity index is 943. The summed E-state index contributed by atoms with van der Waals surface area (Å²) < 4.78 is 37.9. The Morgan fingerprint density at radius 3 is 2.59 bits per heavy atom. The molecule has 32 heavy (non-hydrogen) atoms. The summed E-state index contributed by atoms with van der Waals surface area (Å²) in [5, 5.41) is 20.6. The number of hydrogen-bond acceptors (Lipinski definition) is 8. The number of halogens is 3. The number of carbonyl (C=O) groups is 2. The number of carbonyl (C=O) groups excluding carboxylic acids is 1. The van der Waals surface area contributed by atoms with Crippen LogP contribution in [0.15, 0.2) is 24.5 Å². The van der Waals surface area contributed by atoms with Crippen molar-refractivity contribution in [2.75, 3.05) is 24.6 Å². The lowest BCUT2D eigenvalue weighted by Gasteiger charge is -2.38. The molecule has 2 aliphatic rings. The molecule has 2 aliphatic heterocycles. The molecule has 4 heterocycles. The van der Waals surface area contributed by atoms with E-state index in [2.05, 4.69) is 25.4 Å².